The number of benzene rings is 1. The second kappa shape index (κ2) is 8.56. The molecule has 0 aliphatic heterocycles. The molecular weight excluding hydrogens is 328 g/mol. The number of rotatable bonds is 6. The largest absolute Gasteiger partial charge is 0.444 e. The molecule has 1 aliphatic carbocycles. The van der Waals surface area contributed by atoms with Gasteiger partial charge in [-0.15, -0.1) is 0 Å². The molecule has 144 valence electrons. The number of nitrogens with one attached hydrogen (secondary N) is 2. The molecule has 1 fully saturated rings. The minimum atomic E-state index is -0.499. The Hall–Kier alpha value is -2.04. The number of aryl methyl sites for hydroxylation is 1. The monoisotopic (exact) mass is 360 g/mol. The number of hydrogen-bond acceptors (Lipinski definition) is 3. The molecule has 5 nitrogen and oxygen atoms in total. The van der Waals surface area contributed by atoms with Crippen molar-refractivity contribution in [3.8, 4) is 0 Å². The lowest BCUT2D eigenvalue weighted by atomic mass is 9.77. The minimum Gasteiger partial charge on any atom is -0.444 e. The van der Waals surface area contributed by atoms with Gasteiger partial charge in [-0.2, -0.15) is 0 Å². The van der Waals surface area contributed by atoms with Gasteiger partial charge in [0.05, 0.1) is 5.41 Å². The van der Waals surface area contributed by atoms with E-state index >= 15 is 0 Å². The van der Waals surface area contributed by atoms with E-state index in [1.807, 2.05) is 26.8 Å². The molecule has 5 heteroatoms. The van der Waals surface area contributed by atoms with Crippen LogP contribution in [0.3, 0.4) is 0 Å². The van der Waals surface area contributed by atoms with Crippen molar-refractivity contribution in [2.45, 2.75) is 70.8 Å². The fraction of sp³-hybridized carbons (Fsp3) is 0.619. The van der Waals surface area contributed by atoms with Gasteiger partial charge in [-0.1, -0.05) is 42.7 Å². The summed E-state index contributed by atoms with van der Waals surface area (Å²) in [7, 11) is 0. The first-order chi connectivity index (χ1) is 12.2. The Morgan fingerprint density at radius 2 is 1.77 bits per heavy atom. The summed E-state index contributed by atoms with van der Waals surface area (Å²) in [6.45, 7) is 8.58. The maximum atomic E-state index is 12.9. The van der Waals surface area contributed by atoms with Crippen molar-refractivity contribution in [2.24, 2.45) is 0 Å². The van der Waals surface area contributed by atoms with Crippen molar-refractivity contribution in [3.63, 3.8) is 0 Å². The molecule has 1 saturated carbocycles. The van der Waals surface area contributed by atoms with E-state index in [9.17, 15) is 9.59 Å². The predicted octanol–water partition coefficient (Wildman–Crippen LogP) is 3.84. The minimum absolute atomic E-state index is 0.109. The SMILES string of the molecule is Cc1cccc(C2(C(=O)NCCCNC(=O)OC(C)(C)C)CCCC2)c1. The zero-order valence-corrected chi connectivity index (χ0v) is 16.5. The average Bonchev–Trinajstić information content (AvgIpc) is 3.03. The van der Waals surface area contributed by atoms with Crippen molar-refractivity contribution in [1.82, 2.24) is 10.6 Å². The fourth-order valence-electron chi connectivity index (χ4n) is 3.53. The van der Waals surface area contributed by atoms with Gasteiger partial charge >= 0.3 is 6.09 Å². The van der Waals surface area contributed by atoms with Gasteiger partial charge in [0.1, 0.15) is 5.60 Å². The van der Waals surface area contributed by atoms with E-state index in [4.69, 9.17) is 4.74 Å². The van der Waals surface area contributed by atoms with Crippen molar-refractivity contribution in [2.75, 3.05) is 13.1 Å². The van der Waals surface area contributed by atoms with Crippen molar-refractivity contribution >= 4 is 12.0 Å². The average molecular weight is 360 g/mol. The number of carbonyl (C=O) groups excluding carboxylic acids is 2. The molecule has 1 aliphatic rings. The summed E-state index contributed by atoms with van der Waals surface area (Å²) in [5, 5.41) is 5.79. The molecule has 2 rings (SSSR count). The van der Waals surface area contributed by atoms with E-state index in [2.05, 4.69) is 35.8 Å². The zero-order chi connectivity index (χ0) is 19.2. The zero-order valence-electron chi connectivity index (χ0n) is 16.5. The lowest BCUT2D eigenvalue weighted by Gasteiger charge is -2.28. The third-order valence-electron chi connectivity index (χ3n) is 4.77. The van der Waals surface area contributed by atoms with Gasteiger partial charge < -0.3 is 15.4 Å². The Kier molecular flexibility index (Phi) is 6.68. The highest BCUT2D eigenvalue weighted by atomic mass is 16.6. The molecule has 2 amide bonds. The molecule has 1 aromatic carbocycles. The molecule has 0 spiro atoms. The predicted molar refractivity (Wildman–Crippen MR) is 103 cm³/mol. The smallest absolute Gasteiger partial charge is 0.407 e. The van der Waals surface area contributed by atoms with Crippen LogP contribution in [0, 0.1) is 6.92 Å². The second-order valence-corrected chi connectivity index (χ2v) is 8.20. The highest BCUT2D eigenvalue weighted by molar-refractivity contribution is 5.88. The summed E-state index contributed by atoms with van der Waals surface area (Å²) in [5.74, 6) is 0.109. The van der Waals surface area contributed by atoms with Gasteiger partial charge in [-0.25, -0.2) is 4.79 Å². The molecule has 0 radical (unpaired) electrons. The summed E-state index contributed by atoms with van der Waals surface area (Å²) in [5.41, 5.74) is 1.41. The van der Waals surface area contributed by atoms with E-state index in [1.165, 1.54) is 5.56 Å². The van der Waals surface area contributed by atoms with E-state index in [1.54, 1.807) is 0 Å². The molecule has 0 unspecified atom stereocenters. The summed E-state index contributed by atoms with van der Waals surface area (Å²) >= 11 is 0. The van der Waals surface area contributed by atoms with Crippen LogP contribution in [-0.2, 0) is 14.9 Å². The third kappa shape index (κ3) is 5.48. The van der Waals surface area contributed by atoms with Gasteiger partial charge in [0.25, 0.3) is 0 Å². The normalized spacial score (nSPS) is 16.2. The lowest BCUT2D eigenvalue weighted by Crippen LogP contribution is -2.43. The Labute approximate surface area is 156 Å². The first-order valence-corrected chi connectivity index (χ1v) is 9.55. The Bertz CT molecular complexity index is 628. The number of amides is 2. The van der Waals surface area contributed by atoms with Crippen LogP contribution in [0.15, 0.2) is 24.3 Å². The van der Waals surface area contributed by atoms with Crippen LogP contribution in [-0.4, -0.2) is 30.7 Å². The topological polar surface area (TPSA) is 67.4 Å². The number of alkyl carbamates (subject to hydrolysis) is 1. The standard InChI is InChI=1S/C21H32N2O3/c1-16-9-7-10-17(15-16)21(11-5-6-12-21)18(24)22-13-8-14-23-19(25)26-20(2,3)4/h7,9-10,15H,5-6,8,11-14H2,1-4H3,(H,22,24)(H,23,25). The first kappa shape index (κ1) is 20.3. The maximum absolute atomic E-state index is 12.9. The Morgan fingerprint density at radius 1 is 1.12 bits per heavy atom. The second-order valence-electron chi connectivity index (χ2n) is 8.20. The van der Waals surface area contributed by atoms with Gasteiger partial charge in [0.2, 0.25) is 5.91 Å². The third-order valence-corrected chi connectivity index (χ3v) is 4.77. The fourth-order valence-corrected chi connectivity index (χ4v) is 3.53. The number of ether oxygens (including phenoxy) is 1. The summed E-state index contributed by atoms with van der Waals surface area (Å²) in [6, 6.07) is 8.30. The molecule has 0 bridgehead atoms. The van der Waals surface area contributed by atoms with Crippen LogP contribution < -0.4 is 10.6 Å². The molecular formula is C21H32N2O3. The van der Waals surface area contributed by atoms with Crippen molar-refractivity contribution < 1.29 is 14.3 Å². The Morgan fingerprint density at radius 3 is 2.38 bits per heavy atom. The van der Waals surface area contributed by atoms with E-state index in [0.717, 1.165) is 31.2 Å². The van der Waals surface area contributed by atoms with E-state index in [0.29, 0.717) is 19.5 Å². The first-order valence-electron chi connectivity index (χ1n) is 9.55. The molecule has 0 saturated heterocycles. The molecule has 0 atom stereocenters. The van der Waals surface area contributed by atoms with Gasteiger partial charge in [0, 0.05) is 13.1 Å². The quantitative estimate of drug-likeness (QED) is 0.758. The van der Waals surface area contributed by atoms with Crippen LogP contribution in [0.25, 0.3) is 0 Å². The lowest BCUT2D eigenvalue weighted by molar-refractivity contribution is -0.126. The van der Waals surface area contributed by atoms with Crippen LogP contribution in [0.2, 0.25) is 0 Å². The van der Waals surface area contributed by atoms with Crippen LogP contribution >= 0.6 is 0 Å². The molecule has 1 aromatic rings. The van der Waals surface area contributed by atoms with Gasteiger partial charge in [-0.3, -0.25) is 4.79 Å². The number of carbonyl (C=O) groups is 2. The van der Waals surface area contributed by atoms with Crippen LogP contribution in [0.4, 0.5) is 4.79 Å². The summed E-state index contributed by atoms with van der Waals surface area (Å²) in [6.07, 6.45) is 4.23. The number of hydrogen-bond donors (Lipinski definition) is 2. The summed E-state index contributed by atoms with van der Waals surface area (Å²) < 4.78 is 5.19. The van der Waals surface area contributed by atoms with Gasteiger partial charge in [0.15, 0.2) is 0 Å². The van der Waals surface area contributed by atoms with Crippen molar-refractivity contribution in [1.29, 1.82) is 0 Å². The van der Waals surface area contributed by atoms with Gasteiger partial charge in [-0.05, 0) is 52.5 Å². The van der Waals surface area contributed by atoms with Crippen molar-refractivity contribution in [3.05, 3.63) is 35.4 Å². The van der Waals surface area contributed by atoms with Crippen LogP contribution in [0.5, 0.6) is 0 Å². The highest BCUT2D eigenvalue weighted by Gasteiger charge is 2.42. The molecule has 26 heavy (non-hydrogen) atoms. The van der Waals surface area contributed by atoms with Crippen LogP contribution in [0.1, 0.15) is 64.0 Å². The summed E-state index contributed by atoms with van der Waals surface area (Å²) in [4.78, 5) is 24.6. The molecule has 0 heterocycles. The Balaban J connectivity index is 1.83. The highest BCUT2D eigenvalue weighted by Crippen LogP contribution is 2.41. The maximum Gasteiger partial charge on any atom is 0.407 e. The van der Waals surface area contributed by atoms with E-state index in [-0.39, 0.29) is 5.91 Å². The molecule has 0 aromatic heterocycles. The van der Waals surface area contributed by atoms with E-state index < -0.39 is 17.1 Å². The molecule has 2 N–H and O–H groups in total.